The van der Waals surface area contributed by atoms with E-state index in [0.29, 0.717) is 12.2 Å². The first-order valence-electron chi connectivity index (χ1n) is 6.61. The largest absolute Gasteiger partial charge is 0.396 e. The van der Waals surface area contributed by atoms with Crippen LogP contribution >= 0.6 is 0 Å². The minimum Gasteiger partial charge on any atom is -0.396 e. The molecule has 0 aromatic heterocycles. The molecule has 1 aliphatic rings. The van der Waals surface area contributed by atoms with Crippen LogP contribution in [-0.2, 0) is 9.59 Å². The Labute approximate surface area is 116 Å². The van der Waals surface area contributed by atoms with Crippen molar-refractivity contribution in [3.8, 4) is 0 Å². The topological polar surface area (TPSA) is 75.4 Å². The average Bonchev–Trinajstić information content (AvgIpc) is 2.39. The number of hydrogen-bond donors (Lipinski definition) is 2. The molecule has 1 atom stereocenters. The highest BCUT2D eigenvalue weighted by Gasteiger charge is 2.26. The lowest BCUT2D eigenvalue weighted by Gasteiger charge is -2.30. The minimum atomic E-state index is -0.525. The van der Waals surface area contributed by atoms with Gasteiger partial charge >= 0.3 is 0 Å². The van der Waals surface area contributed by atoms with Gasteiger partial charge in [0.1, 0.15) is 5.82 Å². The SMILES string of the molecule is CC1CCCN(CC(=O)Nc2ccc(F)c(N)c2)C1=O. The zero-order chi connectivity index (χ0) is 14.7. The monoisotopic (exact) mass is 279 g/mol. The smallest absolute Gasteiger partial charge is 0.243 e. The van der Waals surface area contributed by atoms with E-state index in [2.05, 4.69) is 5.32 Å². The lowest BCUT2D eigenvalue weighted by atomic mass is 9.99. The van der Waals surface area contributed by atoms with Crippen LogP contribution in [0.1, 0.15) is 19.8 Å². The number of nitrogens with two attached hydrogens (primary N) is 1. The summed E-state index contributed by atoms with van der Waals surface area (Å²) in [5.74, 6) is -0.857. The molecule has 1 unspecified atom stereocenters. The molecule has 6 heteroatoms. The van der Waals surface area contributed by atoms with Crippen LogP contribution < -0.4 is 11.1 Å². The predicted octanol–water partition coefficient (Wildman–Crippen LogP) is 1.60. The van der Waals surface area contributed by atoms with Gasteiger partial charge in [-0.2, -0.15) is 0 Å². The van der Waals surface area contributed by atoms with Gasteiger partial charge in [0.25, 0.3) is 0 Å². The number of hydrogen-bond acceptors (Lipinski definition) is 3. The standard InChI is InChI=1S/C14H18FN3O2/c1-9-3-2-6-18(14(9)20)8-13(19)17-10-4-5-11(15)12(16)7-10/h4-5,7,9H,2-3,6,8,16H2,1H3,(H,17,19). The maximum absolute atomic E-state index is 13.0. The molecule has 0 saturated carbocycles. The number of nitrogens with zero attached hydrogens (tertiary/aromatic N) is 1. The first-order chi connectivity index (χ1) is 9.47. The van der Waals surface area contributed by atoms with Gasteiger partial charge in [0.05, 0.1) is 12.2 Å². The summed E-state index contributed by atoms with van der Waals surface area (Å²) in [4.78, 5) is 25.3. The van der Waals surface area contributed by atoms with Crippen LogP contribution in [-0.4, -0.2) is 29.8 Å². The molecule has 1 aliphatic heterocycles. The van der Waals surface area contributed by atoms with E-state index in [0.717, 1.165) is 12.8 Å². The van der Waals surface area contributed by atoms with E-state index >= 15 is 0 Å². The molecule has 5 nitrogen and oxygen atoms in total. The van der Waals surface area contributed by atoms with Crippen molar-refractivity contribution < 1.29 is 14.0 Å². The van der Waals surface area contributed by atoms with Crippen LogP contribution in [0.15, 0.2) is 18.2 Å². The number of likely N-dealkylation sites (tertiary alicyclic amines) is 1. The summed E-state index contributed by atoms with van der Waals surface area (Å²) in [7, 11) is 0. The zero-order valence-corrected chi connectivity index (χ0v) is 11.4. The molecule has 1 saturated heterocycles. The van der Waals surface area contributed by atoms with Crippen molar-refractivity contribution in [1.29, 1.82) is 0 Å². The third kappa shape index (κ3) is 3.26. The highest BCUT2D eigenvalue weighted by atomic mass is 19.1. The molecule has 0 radical (unpaired) electrons. The van der Waals surface area contributed by atoms with Gasteiger partial charge in [-0.25, -0.2) is 4.39 Å². The van der Waals surface area contributed by atoms with Gasteiger partial charge in [-0.05, 0) is 31.0 Å². The summed E-state index contributed by atoms with van der Waals surface area (Å²) in [6.45, 7) is 2.48. The van der Waals surface area contributed by atoms with Crippen molar-refractivity contribution in [2.75, 3.05) is 24.1 Å². The van der Waals surface area contributed by atoms with Crippen LogP contribution in [0.3, 0.4) is 0 Å². The molecule has 2 rings (SSSR count). The molecule has 0 bridgehead atoms. The van der Waals surface area contributed by atoms with E-state index in [-0.39, 0.29) is 30.0 Å². The van der Waals surface area contributed by atoms with Crippen molar-refractivity contribution in [2.45, 2.75) is 19.8 Å². The summed E-state index contributed by atoms with van der Waals surface area (Å²) >= 11 is 0. The van der Waals surface area contributed by atoms with Crippen LogP contribution in [0, 0.1) is 11.7 Å². The number of nitrogens with one attached hydrogen (secondary N) is 1. The lowest BCUT2D eigenvalue weighted by Crippen LogP contribution is -2.44. The lowest BCUT2D eigenvalue weighted by molar-refractivity contribution is -0.140. The van der Waals surface area contributed by atoms with Crippen molar-refractivity contribution in [2.24, 2.45) is 5.92 Å². The van der Waals surface area contributed by atoms with E-state index in [1.54, 1.807) is 4.90 Å². The highest BCUT2D eigenvalue weighted by molar-refractivity contribution is 5.95. The molecule has 108 valence electrons. The summed E-state index contributed by atoms with van der Waals surface area (Å²) in [6, 6.07) is 3.98. The maximum Gasteiger partial charge on any atom is 0.243 e. The normalized spacial score (nSPS) is 19.0. The van der Waals surface area contributed by atoms with E-state index in [1.807, 2.05) is 6.92 Å². The fourth-order valence-corrected chi connectivity index (χ4v) is 2.29. The molecule has 1 fully saturated rings. The Balaban J connectivity index is 1.95. The van der Waals surface area contributed by atoms with E-state index in [4.69, 9.17) is 5.73 Å². The van der Waals surface area contributed by atoms with E-state index in [1.165, 1.54) is 18.2 Å². The Morgan fingerprint density at radius 2 is 2.30 bits per heavy atom. The second kappa shape index (κ2) is 5.90. The third-order valence-corrected chi connectivity index (χ3v) is 3.41. The Kier molecular flexibility index (Phi) is 4.22. The van der Waals surface area contributed by atoms with E-state index in [9.17, 15) is 14.0 Å². The number of carbonyl (C=O) groups is 2. The summed E-state index contributed by atoms with van der Waals surface area (Å²) in [6.07, 6.45) is 1.77. The Morgan fingerprint density at radius 3 is 3.00 bits per heavy atom. The van der Waals surface area contributed by atoms with E-state index < -0.39 is 5.82 Å². The van der Waals surface area contributed by atoms with Crippen LogP contribution in [0.4, 0.5) is 15.8 Å². The number of rotatable bonds is 3. The van der Waals surface area contributed by atoms with Crippen LogP contribution in [0.2, 0.25) is 0 Å². The fraction of sp³-hybridized carbons (Fsp3) is 0.429. The average molecular weight is 279 g/mol. The van der Waals surface area contributed by atoms with Gasteiger partial charge in [0.15, 0.2) is 0 Å². The first kappa shape index (κ1) is 14.3. The van der Waals surface area contributed by atoms with Crippen molar-refractivity contribution in [1.82, 2.24) is 4.90 Å². The molecular weight excluding hydrogens is 261 g/mol. The Hall–Kier alpha value is -2.11. The Bertz CT molecular complexity index is 533. The minimum absolute atomic E-state index is 0.00465. The number of piperidine rings is 1. The second-order valence-electron chi connectivity index (χ2n) is 5.09. The van der Waals surface area contributed by atoms with Crippen LogP contribution in [0.25, 0.3) is 0 Å². The molecule has 0 aliphatic carbocycles. The summed E-state index contributed by atoms with van der Waals surface area (Å²) in [5, 5.41) is 2.61. The molecule has 20 heavy (non-hydrogen) atoms. The molecule has 2 amide bonds. The van der Waals surface area contributed by atoms with Crippen molar-refractivity contribution >= 4 is 23.2 Å². The number of nitrogen functional groups attached to an aromatic ring is 1. The number of carbonyl (C=O) groups excluding carboxylic acids is 2. The second-order valence-corrected chi connectivity index (χ2v) is 5.09. The van der Waals surface area contributed by atoms with Gasteiger partial charge < -0.3 is 16.0 Å². The zero-order valence-electron chi connectivity index (χ0n) is 11.4. The van der Waals surface area contributed by atoms with Gasteiger partial charge in [-0.1, -0.05) is 6.92 Å². The quantitative estimate of drug-likeness (QED) is 0.825. The van der Waals surface area contributed by atoms with Crippen molar-refractivity contribution in [3.63, 3.8) is 0 Å². The van der Waals surface area contributed by atoms with Gasteiger partial charge in [0, 0.05) is 18.2 Å². The maximum atomic E-state index is 13.0. The van der Waals surface area contributed by atoms with Gasteiger partial charge in [-0.3, -0.25) is 9.59 Å². The predicted molar refractivity (Wildman–Crippen MR) is 74.4 cm³/mol. The number of amides is 2. The third-order valence-electron chi connectivity index (χ3n) is 3.41. The number of benzene rings is 1. The molecule has 1 aromatic carbocycles. The molecular formula is C14H18FN3O2. The summed E-state index contributed by atoms with van der Waals surface area (Å²) in [5.41, 5.74) is 5.83. The molecule has 1 heterocycles. The summed E-state index contributed by atoms with van der Waals surface area (Å²) < 4.78 is 13.0. The van der Waals surface area contributed by atoms with Crippen molar-refractivity contribution in [3.05, 3.63) is 24.0 Å². The Morgan fingerprint density at radius 1 is 1.55 bits per heavy atom. The molecule has 3 N–H and O–H groups in total. The fourth-order valence-electron chi connectivity index (χ4n) is 2.29. The van der Waals surface area contributed by atoms with Crippen LogP contribution in [0.5, 0.6) is 0 Å². The first-order valence-corrected chi connectivity index (χ1v) is 6.61. The number of halogens is 1. The van der Waals surface area contributed by atoms with Gasteiger partial charge in [-0.15, -0.1) is 0 Å². The molecule has 1 aromatic rings. The van der Waals surface area contributed by atoms with Gasteiger partial charge in [0.2, 0.25) is 11.8 Å². The highest BCUT2D eigenvalue weighted by Crippen LogP contribution is 2.18. The number of anilines is 2. The molecule has 0 spiro atoms.